The second-order valence-corrected chi connectivity index (χ2v) is 9.99. The molecular formula is C24H29ClN4O9S. The van der Waals surface area contributed by atoms with Gasteiger partial charge >= 0.3 is 17.9 Å². The van der Waals surface area contributed by atoms with Gasteiger partial charge in [0.25, 0.3) is 0 Å². The molecule has 1 aromatic carbocycles. The Morgan fingerprint density at radius 2 is 1.69 bits per heavy atom. The molecule has 3 rings (SSSR count). The first-order chi connectivity index (χ1) is 18.5. The van der Waals surface area contributed by atoms with Crippen LogP contribution < -0.4 is 10.1 Å². The average Bonchev–Trinajstić information content (AvgIpc) is 3.19. The number of amides is 1. The Balaban J connectivity index is 1.89. The molecule has 2 heterocycles. The van der Waals surface area contributed by atoms with Gasteiger partial charge in [0.1, 0.15) is 36.5 Å². The third-order valence-electron chi connectivity index (χ3n) is 5.41. The van der Waals surface area contributed by atoms with Crippen LogP contribution >= 0.6 is 23.4 Å². The monoisotopic (exact) mass is 584 g/mol. The Morgan fingerprint density at radius 3 is 2.31 bits per heavy atom. The zero-order valence-corrected chi connectivity index (χ0v) is 23.5. The van der Waals surface area contributed by atoms with Crippen LogP contribution in [0.3, 0.4) is 0 Å². The fraction of sp³-hybridized carbons (Fsp3) is 0.500. The second kappa shape index (κ2) is 13.6. The number of rotatable bonds is 10. The fourth-order valence-corrected chi connectivity index (χ4v) is 5.09. The number of carbonyl (C=O) groups is 4. The third kappa shape index (κ3) is 8.31. The number of hydrogen-bond donors (Lipinski definition) is 1. The molecule has 5 unspecified atom stereocenters. The second-order valence-electron chi connectivity index (χ2n) is 8.51. The van der Waals surface area contributed by atoms with Gasteiger partial charge in [-0.1, -0.05) is 35.5 Å². The molecule has 5 atom stereocenters. The number of thioether (sulfide) groups is 1. The number of nitrogens with zero attached hydrogens (tertiary/aromatic N) is 3. The quantitative estimate of drug-likeness (QED) is 0.319. The van der Waals surface area contributed by atoms with Gasteiger partial charge < -0.3 is 33.6 Å². The first-order valence-corrected chi connectivity index (χ1v) is 13.0. The molecule has 1 aliphatic rings. The highest BCUT2D eigenvalue weighted by atomic mass is 35.5. The predicted molar refractivity (Wildman–Crippen MR) is 137 cm³/mol. The van der Waals surface area contributed by atoms with E-state index in [2.05, 4.69) is 15.5 Å². The lowest BCUT2D eigenvalue weighted by Crippen LogP contribution is -2.65. The number of carbonyl (C=O) groups excluding carboxylic acids is 4. The van der Waals surface area contributed by atoms with E-state index in [0.29, 0.717) is 21.8 Å². The molecular weight excluding hydrogens is 556 g/mol. The number of aromatic nitrogens is 3. The van der Waals surface area contributed by atoms with Gasteiger partial charge in [-0.25, -0.2) is 0 Å². The van der Waals surface area contributed by atoms with Crippen LogP contribution in [0.25, 0.3) is 0 Å². The Kier molecular flexibility index (Phi) is 10.5. The van der Waals surface area contributed by atoms with E-state index >= 15 is 0 Å². The van der Waals surface area contributed by atoms with Crippen molar-refractivity contribution in [3.8, 4) is 5.75 Å². The number of hydrogen-bond acceptors (Lipinski definition) is 12. The molecule has 1 amide bonds. The minimum absolute atomic E-state index is 0.0636. The van der Waals surface area contributed by atoms with Crippen molar-refractivity contribution < 1.29 is 42.9 Å². The molecule has 1 aromatic heterocycles. The van der Waals surface area contributed by atoms with Crippen molar-refractivity contribution in [1.29, 1.82) is 0 Å². The van der Waals surface area contributed by atoms with E-state index in [1.165, 1.54) is 27.7 Å². The molecule has 0 spiro atoms. The predicted octanol–water partition coefficient (Wildman–Crippen LogP) is 1.80. The highest BCUT2D eigenvalue weighted by Crippen LogP contribution is 2.35. The molecule has 0 aliphatic carbocycles. The largest absolute Gasteiger partial charge is 0.484 e. The van der Waals surface area contributed by atoms with Crippen molar-refractivity contribution in [3.05, 3.63) is 35.1 Å². The number of benzene rings is 1. The van der Waals surface area contributed by atoms with Gasteiger partial charge in [-0.05, 0) is 12.1 Å². The first-order valence-electron chi connectivity index (χ1n) is 11.8. The van der Waals surface area contributed by atoms with Gasteiger partial charge in [0.05, 0.1) is 5.02 Å². The van der Waals surface area contributed by atoms with Crippen LogP contribution in [0.15, 0.2) is 29.4 Å². The van der Waals surface area contributed by atoms with Gasteiger partial charge in [-0.15, -0.1) is 10.2 Å². The lowest BCUT2D eigenvalue weighted by atomic mass is 9.97. The number of para-hydroxylation sites is 1. The molecule has 1 fully saturated rings. The van der Waals surface area contributed by atoms with E-state index in [1.807, 2.05) is 0 Å². The maximum atomic E-state index is 12.1. The fourth-order valence-electron chi connectivity index (χ4n) is 3.77. The summed E-state index contributed by atoms with van der Waals surface area (Å²) in [4.78, 5) is 47.6. The summed E-state index contributed by atoms with van der Waals surface area (Å²) in [7, 11) is 1.71. The van der Waals surface area contributed by atoms with Gasteiger partial charge in [-0.3, -0.25) is 19.2 Å². The first kappa shape index (κ1) is 30.2. The van der Waals surface area contributed by atoms with E-state index < -0.39 is 53.6 Å². The SMILES string of the molecule is CC(=O)NC1C(Sc2nnc(COc3ccccc3Cl)n2C)OC(COC(C)=O)C(OC(C)=O)C1OC(C)=O. The minimum Gasteiger partial charge on any atom is -0.484 e. The van der Waals surface area contributed by atoms with Crippen LogP contribution in [-0.4, -0.2) is 75.0 Å². The molecule has 0 saturated carbocycles. The lowest BCUT2D eigenvalue weighted by molar-refractivity contribution is -0.211. The number of esters is 3. The third-order valence-corrected chi connectivity index (χ3v) is 6.93. The molecule has 0 radical (unpaired) electrons. The van der Waals surface area contributed by atoms with Gasteiger partial charge in [0.2, 0.25) is 5.91 Å². The maximum absolute atomic E-state index is 12.1. The normalized spacial score (nSPS) is 22.5. The lowest BCUT2D eigenvalue weighted by Gasteiger charge is -2.44. The van der Waals surface area contributed by atoms with Crippen LogP contribution in [0.4, 0.5) is 0 Å². The molecule has 1 N–H and O–H groups in total. The highest BCUT2D eigenvalue weighted by molar-refractivity contribution is 7.99. The Hall–Kier alpha value is -3.36. The maximum Gasteiger partial charge on any atom is 0.303 e. The minimum atomic E-state index is -1.18. The van der Waals surface area contributed by atoms with Crippen LogP contribution in [-0.2, 0) is 51.8 Å². The van der Waals surface area contributed by atoms with Crippen molar-refractivity contribution in [2.45, 2.75) is 69.2 Å². The summed E-state index contributed by atoms with van der Waals surface area (Å²) in [5.41, 5.74) is -0.925. The van der Waals surface area contributed by atoms with Crippen molar-refractivity contribution in [3.63, 3.8) is 0 Å². The summed E-state index contributed by atoms with van der Waals surface area (Å²) in [6.07, 6.45) is -3.38. The summed E-state index contributed by atoms with van der Waals surface area (Å²) in [5.74, 6) is -1.45. The summed E-state index contributed by atoms with van der Waals surface area (Å²) >= 11 is 7.23. The van der Waals surface area contributed by atoms with E-state index in [1.54, 1.807) is 35.9 Å². The number of ether oxygens (including phenoxy) is 5. The van der Waals surface area contributed by atoms with Crippen molar-refractivity contribution in [2.75, 3.05) is 6.61 Å². The van der Waals surface area contributed by atoms with Crippen molar-refractivity contribution >= 4 is 47.2 Å². The summed E-state index contributed by atoms with van der Waals surface area (Å²) < 4.78 is 29.6. The molecule has 13 nitrogen and oxygen atoms in total. The Labute approximate surface area is 233 Å². The highest BCUT2D eigenvalue weighted by Gasteiger charge is 2.51. The summed E-state index contributed by atoms with van der Waals surface area (Å²) in [6.45, 7) is 4.62. The molecule has 0 bridgehead atoms. The standard InChI is InChI=1S/C24H29ClN4O9S/c1-12(30)26-20-22(37-15(4)33)21(36-14(3)32)18(10-34-13(2)31)38-23(20)39-24-28-27-19(29(24)5)11-35-17-9-7-6-8-16(17)25/h6-9,18,20-23H,10-11H2,1-5H3,(H,26,30). The van der Waals surface area contributed by atoms with E-state index in [4.69, 9.17) is 35.3 Å². The van der Waals surface area contributed by atoms with Gasteiger partial charge in [-0.2, -0.15) is 0 Å². The Morgan fingerprint density at radius 1 is 1.03 bits per heavy atom. The van der Waals surface area contributed by atoms with Crippen LogP contribution in [0.2, 0.25) is 5.02 Å². The number of nitrogens with one attached hydrogen (secondary N) is 1. The summed E-state index contributed by atoms with van der Waals surface area (Å²) in [5, 5.41) is 11.9. The molecule has 2 aromatic rings. The van der Waals surface area contributed by atoms with Crippen molar-refractivity contribution in [2.24, 2.45) is 7.05 Å². The zero-order chi connectivity index (χ0) is 28.7. The van der Waals surface area contributed by atoms with E-state index in [-0.39, 0.29) is 13.2 Å². The summed E-state index contributed by atoms with van der Waals surface area (Å²) in [6, 6.07) is 6.02. The topological polar surface area (TPSA) is 157 Å². The number of halogens is 1. The van der Waals surface area contributed by atoms with E-state index in [0.717, 1.165) is 11.8 Å². The van der Waals surface area contributed by atoms with Gasteiger partial charge in [0, 0.05) is 34.7 Å². The smallest absolute Gasteiger partial charge is 0.303 e. The van der Waals surface area contributed by atoms with E-state index in [9.17, 15) is 19.2 Å². The average molecular weight is 585 g/mol. The molecule has 1 saturated heterocycles. The van der Waals surface area contributed by atoms with Crippen LogP contribution in [0.5, 0.6) is 5.75 Å². The Bertz CT molecular complexity index is 1210. The van der Waals surface area contributed by atoms with Crippen molar-refractivity contribution in [1.82, 2.24) is 20.1 Å². The molecule has 39 heavy (non-hydrogen) atoms. The molecule has 1 aliphatic heterocycles. The van der Waals surface area contributed by atoms with Crippen LogP contribution in [0.1, 0.15) is 33.5 Å². The molecule has 15 heteroatoms. The molecule has 212 valence electrons. The van der Waals surface area contributed by atoms with Gasteiger partial charge in [0.15, 0.2) is 23.2 Å². The van der Waals surface area contributed by atoms with Crippen LogP contribution in [0, 0.1) is 0 Å². The zero-order valence-electron chi connectivity index (χ0n) is 21.9.